The van der Waals surface area contributed by atoms with Crippen LogP contribution in [0.2, 0.25) is 0 Å². The zero-order chi connectivity index (χ0) is 23.1. The molecule has 1 heterocycles. The molecule has 0 saturated heterocycles. The van der Waals surface area contributed by atoms with Crippen molar-refractivity contribution in [3.05, 3.63) is 84.0 Å². The third-order valence-corrected chi connectivity index (χ3v) is 7.21. The molecule has 0 bridgehead atoms. The molecule has 0 saturated carbocycles. The number of carbonyl (C=O) groups is 1. The summed E-state index contributed by atoms with van der Waals surface area (Å²) in [4.78, 5) is 16.7. The Labute approximate surface area is 189 Å². The van der Waals surface area contributed by atoms with Crippen molar-refractivity contribution in [3.8, 4) is 0 Å². The molecule has 0 aliphatic rings. The standard InChI is InChI=1S/C24H28N4O3S/c1-4-28(5-2)32(30,31)23-13-8-20(9-14-23)10-15-24(29)26-22-11-6-21(7-12-22)18-27-17-16-25-19(27)3/h6-17H,4-5,18H2,1-3H3,(H,26,29)/b15-10+. The van der Waals surface area contributed by atoms with Crippen molar-refractivity contribution < 1.29 is 13.2 Å². The number of nitrogens with zero attached hydrogens (tertiary/aromatic N) is 3. The molecule has 8 heteroatoms. The lowest BCUT2D eigenvalue weighted by Crippen LogP contribution is -2.30. The number of hydrogen-bond donors (Lipinski definition) is 1. The van der Waals surface area contributed by atoms with Crippen LogP contribution in [0.1, 0.15) is 30.8 Å². The van der Waals surface area contributed by atoms with Crippen LogP contribution in [0.4, 0.5) is 5.69 Å². The Morgan fingerprint density at radius 1 is 1.06 bits per heavy atom. The highest BCUT2D eigenvalue weighted by molar-refractivity contribution is 7.89. The van der Waals surface area contributed by atoms with E-state index in [1.165, 1.54) is 10.4 Å². The summed E-state index contributed by atoms with van der Waals surface area (Å²) in [6, 6.07) is 14.2. The number of aryl methyl sites for hydroxylation is 1. The minimum atomic E-state index is -3.49. The van der Waals surface area contributed by atoms with E-state index in [2.05, 4.69) is 14.9 Å². The van der Waals surface area contributed by atoms with Crippen molar-refractivity contribution in [3.63, 3.8) is 0 Å². The highest BCUT2D eigenvalue weighted by Crippen LogP contribution is 2.17. The van der Waals surface area contributed by atoms with Crippen molar-refractivity contribution in [1.29, 1.82) is 0 Å². The predicted octanol–water partition coefficient (Wildman–Crippen LogP) is 3.92. The number of amides is 1. The summed E-state index contributed by atoms with van der Waals surface area (Å²) < 4.78 is 28.5. The first kappa shape index (κ1) is 23.4. The van der Waals surface area contributed by atoms with Gasteiger partial charge in [0.2, 0.25) is 15.9 Å². The summed E-state index contributed by atoms with van der Waals surface area (Å²) in [5.41, 5.74) is 2.55. The van der Waals surface area contributed by atoms with Crippen LogP contribution in [0.25, 0.3) is 6.08 Å². The Balaban J connectivity index is 1.59. The summed E-state index contributed by atoms with van der Waals surface area (Å²) in [5, 5.41) is 2.83. The van der Waals surface area contributed by atoms with E-state index in [0.29, 0.717) is 18.8 Å². The number of carbonyl (C=O) groups excluding carboxylic acids is 1. The Morgan fingerprint density at radius 2 is 1.72 bits per heavy atom. The quantitative estimate of drug-likeness (QED) is 0.499. The van der Waals surface area contributed by atoms with Gasteiger partial charge in [-0.2, -0.15) is 4.31 Å². The van der Waals surface area contributed by atoms with Gasteiger partial charge in [-0.1, -0.05) is 38.1 Å². The third-order valence-electron chi connectivity index (χ3n) is 5.15. The van der Waals surface area contributed by atoms with E-state index in [1.807, 2.05) is 51.2 Å². The Bertz CT molecular complexity index is 1180. The fourth-order valence-electron chi connectivity index (χ4n) is 3.28. The number of aromatic nitrogens is 2. The third kappa shape index (κ3) is 5.72. The van der Waals surface area contributed by atoms with Gasteiger partial charge in [-0.25, -0.2) is 13.4 Å². The van der Waals surface area contributed by atoms with Crippen LogP contribution in [0.5, 0.6) is 0 Å². The summed E-state index contributed by atoms with van der Waals surface area (Å²) in [7, 11) is -3.49. The molecule has 3 rings (SSSR count). The minimum Gasteiger partial charge on any atom is -0.331 e. The lowest BCUT2D eigenvalue weighted by molar-refractivity contribution is -0.111. The van der Waals surface area contributed by atoms with Crippen LogP contribution in [0.3, 0.4) is 0 Å². The number of anilines is 1. The van der Waals surface area contributed by atoms with Gasteiger partial charge in [-0.15, -0.1) is 0 Å². The van der Waals surface area contributed by atoms with Crippen molar-refractivity contribution in [2.75, 3.05) is 18.4 Å². The molecule has 7 nitrogen and oxygen atoms in total. The number of benzene rings is 2. The van der Waals surface area contributed by atoms with E-state index in [9.17, 15) is 13.2 Å². The van der Waals surface area contributed by atoms with Crippen LogP contribution in [0, 0.1) is 6.92 Å². The van der Waals surface area contributed by atoms with Crippen LogP contribution >= 0.6 is 0 Å². The summed E-state index contributed by atoms with van der Waals surface area (Å²) >= 11 is 0. The largest absolute Gasteiger partial charge is 0.331 e. The molecule has 0 unspecified atom stereocenters. The number of nitrogens with one attached hydrogen (secondary N) is 1. The fraction of sp³-hybridized carbons (Fsp3) is 0.250. The molecule has 1 aromatic heterocycles. The molecule has 168 valence electrons. The summed E-state index contributed by atoms with van der Waals surface area (Å²) in [6.45, 7) is 7.14. The maximum absolute atomic E-state index is 12.5. The van der Waals surface area contributed by atoms with E-state index in [0.717, 1.165) is 23.5 Å². The van der Waals surface area contributed by atoms with E-state index >= 15 is 0 Å². The van der Waals surface area contributed by atoms with Crippen molar-refractivity contribution >= 4 is 27.7 Å². The first-order valence-corrected chi connectivity index (χ1v) is 11.9. The molecule has 0 fully saturated rings. The second-order valence-electron chi connectivity index (χ2n) is 7.28. The first-order chi connectivity index (χ1) is 15.3. The number of sulfonamides is 1. The van der Waals surface area contributed by atoms with Crippen molar-refractivity contribution in [2.45, 2.75) is 32.2 Å². The van der Waals surface area contributed by atoms with Crippen LogP contribution in [-0.4, -0.2) is 41.3 Å². The lowest BCUT2D eigenvalue weighted by atomic mass is 10.2. The average molecular weight is 453 g/mol. The number of imidazole rings is 1. The van der Waals surface area contributed by atoms with Crippen molar-refractivity contribution in [2.24, 2.45) is 0 Å². The Morgan fingerprint density at radius 3 is 2.28 bits per heavy atom. The van der Waals surface area contributed by atoms with E-state index in [1.54, 1.807) is 36.5 Å². The molecule has 32 heavy (non-hydrogen) atoms. The molecule has 1 N–H and O–H groups in total. The normalized spacial score (nSPS) is 11.9. The smallest absolute Gasteiger partial charge is 0.248 e. The van der Waals surface area contributed by atoms with Crippen LogP contribution in [0.15, 0.2) is 71.9 Å². The molecular formula is C24H28N4O3S. The first-order valence-electron chi connectivity index (χ1n) is 10.5. The zero-order valence-corrected chi connectivity index (χ0v) is 19.3. The van der Waals surface area contributed by atoms with E-state index in [4.69, 9.17) is 0 Å². The van der Waals surface area contributed by atoms with Gasteiger partial charge >= 0.3 is 0 Å². The summed E-state index contributed by atoms with van der Waals surface area (Å²) in [6.07, 6.45) is 6.78. The van der Waals surface area contributed by atoms with Crippen LogP contribution < -0.4 is 5.32 Å². The highest BCUT2D eigenvalue weighted by atomic mass is 32.2. The van der Waals surface area contributed by atoms with Gasteiger partial charge in [0.1, 0.15) is 5.82 Å². The predicted molar refractivity (Wildman–Crippen MR) is 127 cm³/mol. The molecule has 0 spiro atoms. The van der Waals surface area contributed by atoms with Gasteiger partial charge in [0.25, 0.3) is 0 Å². The average Bonchev–Trinajstić information content (AvgIpc) is 3.19. The van der Waals surface area contributed by atoms with Gasteiger partial charge < -0.3 is 9.88 Å². The maximum atomic E-state index is 12.5. The second-order valence-corrected chi connectivity index (χ2v) is 9.22. The Kier molecular flexibility index (Phi) is 7.61. The zero-order valence-electron chi connectivity index (χ0n) is 18.5. The molecule has 0 aliphatic carbocycles. The monoisotopic (exact) mass is 452 g/mol. The highest BCUT2D eigenvalue weighted by Gasteiger charge is 2.20. The molecule has 0 radical (unpaired) electrons. The topological polar surface area (TPSA) is 84.3 Å². The van der Waals surface area contributed by atoms with Gasteiger partial charge in [-0.3, -0.25) is 4.79 Å². The maximum Gasteiger partial charge on any atom is 0.248 e. The van der Waals surface area contributed by atoms with Crippen LogP contribution in [-0.2, 0) is 21.4 Å². The van der Waals surface area contributed by atoms with Gasteiger partial charge in [0.15, 0.2) is 0 Å². The molecule has 2 aromatic carbocycles. The molecule has 0 aliphatic heterocycles. The second kappa shape index (κ2) is 10.4. The molecule has 3 aromatic rings. The molecule has 1 amide bonds. The lowest BCUT2D eigenvalue weighted by Gasteiger charge is -2.18. The van der Waals surface area contributed by atoms with Gasteiger partial charge in [0.05, 0.1) is 4.90 Å². The summed E-state index contributed by atoms with van der Waals surface area (Å²) in [5.74, 6) is 0.689. The number of rotatable bonds is 9. The molecular weight excluding hydrogens is 424 g/mol. The fourth-order valence-corrected chi connectivity index (χ4v) is 4.74. The number of hydrogen-bond acceptors (Lipinski definition) is 4. The van der Waals surface area contributed by atoms with E-state index < -0.39 is 10.0 Å². The van der Waals surface area contributed by atoms with Gasteiger partial charge in [-0.05, 0) is 48.4 Å². The SMILES string of the molecule is CCN(CC)S(=O)(=O)c1ccc(/C=C/C(=O)Nc2ccc(Cn3ccnc3C)cc2)cc1. The van der Waals surface area contributed by atoms with E-state index in [-0.39, 0.29) is 10.8 Å². The Hall–Kier alpha value is -3.23. The minimum absolute atomic E-state index is 0.244. The van der Waals surface area contributed by atoms with Gasteiger partial charge in [0, 0.05) is 43.8 Å². The van der Waals surface area contributed by atoms with Crippen molar-refractivity contribution in [1.82, 2.24) is 13.9 Å². The molecule has 0 atom stereocenters.